The van der Waals surface area contributed by atoms with E-state index in [0.29, 0.717) is 23.9 Å². The normalized spacial score (nSPS) is 10.2. The third-order valence-electron chi connectivity index (χ3n) is 2.54. The molecule has 1 aromatic carbocycles. The van der Waals surface area contributed by atoms with E-state index in [1.807, 2.05) is 6.92 Å². The first-order valence-corrected chi connectivity index (χ1v) is 5.57. The largest absolute Gasteiger partial charge is 0.324 e. The fraction of sp³-hybridized carbons (Fsp3) is 0.167. The SMILES string of the molecule is CCN(c1cc(NN)ncn1)c1ccccc1F. The summed E-state index contributed by atoms with van der Waals surface area (Å²) in [6.07, 6.45) is 1.38. The van der Waals surface area contributed by atoms with Crippen molar-refractivity contribution in [2.75, 3.05) is 16.9 Å². The maximum Gasteiger partial charge on any atom is 0.146 e. The number of halogens is 1. The van der Waals surface area contributed by atoms with Gasteiger partial charge in [-0.05, 0) is 19.1 Å². The Kier molecular flexibility index (Phi) is 3.69. The number of hydrogen-bond acceptors (Lipinski definition) is 5. The average molecular weight is 247 g/mol. The van der Waals surface area contributed by atoms with Crippen LogP contribution >= 0.6 is 0 Å². The Morgan fingerprint density at radius 3 is 2.78 bits per heavy atom. The molecule has 0 unspecified atom stereocenters. The van der Waals surface area contributed by atoms with Crippen molar-refractivity contribution in [1.82, 2.24) is 9.97 Å². The van der Waals surface area contributed by atoms with Gasteiger partial charge in [-0.2, -0.15) is 0 Å². The zero-order chi connectivity index (χ0) is 13.0. The average Bonchev–Trinajstić information content (AvgIpc) is 2.42. The fourth-order valence-corrected chi connectivity index (χ4v) is 1.70. The maximum atomic E-state index is 13.8. The molecule has 94 valence electrons. The van der Waals surface area contributed by atoms with Crippen molar-refractivity contribution in [1.29, 1.82) is 0 Å². The van der Waals surface area contributed by atoms with Crippen molar-refractivity contribution in [2.45, 2.75) is 6.92 Å². The topological polar surface area (TPSA) is 67.1 Å². The molecule has 0 bridgehead atoms. The van der Waals surface area contributed by atoms with Crippen molar-refractivity contribution in [3.63, 3.8) is 0 Å². The molecule has 0 spiro atoms. The number of nitrogens with zero attached hydrogens (tertiary/aromatic N) is 3. The van der Waals surface area contributed by atoms with E-state index in [0.717, 1.165) is 0 Å². The summed E-state index contributed by atoms with van der Waals surface area (Å²) in [5, 5.41) is 0. The Labute approximate surface area is 104 Å². The Hall–Kier alpha value is -2.21. The van der Waals surface area contributed by atoms with Crippen LogP contribution in [0.15, 0.2) is 36.7 Å². The van der Waals surface area contributed by atoms with Crippen LogP contribution in [0, 0.1) is 5.82 Å². The number of para-hydroxylation sites is 1. The molecule has 2 rings (SSSR count). The number of rotatable bonds is 4. The molecular weight excluding hydrogens is 233 g/mol. The fourth-order valence-electron chi connectivity index (χ4n) is 1.70. The van der Waals surface area contributed by atoms with Crippen molar-refractivity contribution >= 4 is 17.3 Å². The molecule has 0 fully saturated rings. The summed E-state index contributed by atoms with van der Waals surface area (Å²) in [4.78, 5) is 9.80. The van der Waals surface area contributed by atoms with Crippen LogP contribution in [-0.2, 0) is 0 Å². The van der Waals surface area contributed by atoms with Gasteiger partial charge in [-0.3, -0.25) is 0 Å². The van der Waals surface area contributed by atoms with Gasteiger partial charge in [0, 0.05) is 12.6 Å². The molecule has 1 aromatic heterocycles. The number of nitrogens with two attached hydrogens (primary N) is 1. The van der Waals surface area contributed by atoms with Crippen LogP contribution in [0.25, 0.3) is 0 Å². The molecule has 0 radical (unpaired) electrons. The van der Waals surface area contributed by atoms with Crippen LogP contribution in [0.5, 0.6) is 0 Å². The van der Waals surface area contributed by atoms with Crippen LogP contribution in [0.1, 0.15) is 6.92 Å². The van der Waals surface area contributed by atoms with Crippen LogP contribution in [0.2, 0.25) is 0 Å². The summed E-state index contributed by atoms with van der Waals surface area (Å²) < 4.78 is 13.8. The van der Waals surface area contributed by atoms with Crippen molar-refractivity contribution in [3.05, 3.63) is 42.5 Å². The molecule has 18 heavy (non-hydrogen) atoms. The Morgan fingerprint density at radius 2 is 2.11 bits per heavy atom. The van der Waals surface area contributed by atoms with E-state index in [9.17, 15) is 4.39 Å². The monoisotopic (exact) mass is 247 g/mol. The van der Waals surface area contributed by atoms with Crippen molar-refractivity contribution in [2.24, 2.45) is 5.84 Å². The highest BCUT2D eigenvalue weighted by atomic mass is 19.1. The van der Waals surface area contributed by atoms with E-state index < -0.39 is 0 Å². The minimum atomic E-state index is -0.291. The molecule has 5 nitrogen and oxygen atoms in total. The number of hydrogen-bond donors (Lipinski definition) is 2. The van der Waals surface area contributed by atoms with Crippen LogP contribution in [0.4, 0.5) is 21.7 Å². The van der Waals surface area contributed by atoms with Gasteiger partial charge >= 0.3 is 0 Å². The molecule has 6 heteroatoms. The number of anilines is 3. The third-order valence-corrected chi connectivity index (χ3v) is 2.54. The van der Waals surface area contributed by atoms with Crippen LogP contribution in [-0.4, -0.2) is 16.5 Å². The van der Waals surface area contributed by atoms with Gasteiger partial charge in [0.05, 0.1) is 5.69 Å². The van der Waals surface area contributed by atoms with Gasteiger partial charge in [-0.1, -0.05) is 12.1 Å². The number of nitrogen functional groups attached to an aromatic ring is 1. The first-order chi connectivity index (χ1) is 8.76. The highest BCUT2D eigenvalue weighted by molar-refractivity contribution is 5.62. The zero-order valence-corrected chi connectivity index (χ0v) is 9.97. The summed E-state index contributed by atoms with van der Waals surface area (Å²) in [5.74, 6) is 6.07. The summed E-state index contributed by atoms with van der Waals surface area (Å²) >= 11 is 0. The Balaban J connectivity index is 2.42. The minimum absolute atomic E-state index is 0.291. The highest BCUT2D eigenvalue weighted by Gasteiger charge is 2.13. The van der Waals surface area contributed by atoms with E-state index in [1.165, 1.54) is 12.4 Å². The lowest BCUT2D eigenvalue weighted by atomic mass is 10.2. The predicted octanol–water partition coefficient (Wildman–Crippen LogP) is 2.06. The quantitative estimate of drug-likeness (QED) is 0.639. The third kappa shape index (κ3) is 2.38. The molecule has 0 atom stereocenters. The van der Waals surface area contributed by atoms with Crippen LogP contribution in [0.3, 0.4) is 0 Å². The molecule has 0 saturated heterocycles. The zero-order valence-electron chi connectivity index (χ0n) is 9.97. The van der Waals surface area contributed by atoms with Crippen LogP contribution < -0.4 is 16.2 Å². The molecular formula is C12H14FN5. The molecule has 0 aliphatic rings. The smallest absolute Gasteiger partial charge is 0.146 e. The second-order valence-electron chi connectivity index (χ2n) is 3.60. The van der Waals surface area contributed by atoms with E-state index in [-0.39, 0.29) is 5.82 Å². The molecule has 1 heterocycles. The first kappa shape index (κ1) is 12.3. The minimum Gasteiger partial charge on any atom is -0.324 e. The van der Waals surface area contributed by atoms with Gasteiger partial charge in [0.2, 0.25) is 0 Å². The lowest BCUT2D eigenvalue weighted by Crippen LogP contribution is -2.19. The standard InChI is InChI=1S/C12H14FN5/c1-2-18(10-6-4-3-5-9(10)13)12-7-11(17-14)15-8-16-12/h3-8H,2,14H2,1H3,(H,15,16,17). The maximum absolute atomic E-state index is 13.8. The molecule has 0 aliphatic heterocycles. The Bertz CT molecular complexity index is 531. The number of aromatic nitrogens is 2. The second-order valence-corrected chi connectivity index (χ2v) is 3.60. The summed E-state index contributed by atoms with van der Waals surface area (Å²) in [5.41, 5.74) is 2.91. The van der Waals surface area contributed by atoms with E-state index in [4.69, 9.17) is 5.84 Å². The lowest BCUT2D eigenvalue weighted by molar-refractivity contribution is 0.625. The molecule has 0 aliphatic carbocycles. The molecule has 2 aromatic rings. The number of benzene rings is 1. The highest BCUT2D eigenvalue weighted by Crippen LogP contribution is 2.26. The summed E-state index contributed by atoms with van der Waals surface area (Å²) in [7, 11) is 0. The molecule has 0 saturated carbocycles. The first-order valence-electron chi connectivity index (χ1n) is 5.57. The van der Waals surface area contributed by atoms with Gasteiger partial charge in [-0.15, -0.1) is 0 Å². The summed E-state index contributed by atoms with van der Waals surface area (Å²) in [6.45, 7) is 2.51. The van der Waals surface area contributed by atoms with E-state index in [2.05, 4.69) is 15.4 Å². The summed E-state index contributed by atoms with van der Waals surface area (Å²) in [6, 6.07) is 8.22. The van der Waals surface area contributed by atoms with E-state index in [1.54, 1.807) is 29.2 Å². The van der Waals surface area contributed by atoms with Gasteiger partial charge < -0.3 is 10.3 Å². The van der Waals surface area contributed by atoms with E-state index >= 15 is 0 Å². The predicted molar refractivity (Wildman–Crippen MR) is 68.9 cm³/mol. The van der Waals surface area contributed by atoms with Gasteiger partial charge in [0.1, 0.15) is 23.8 Å². The van der Waals surface area contributed by atoms with Crippen molar-refractivity contribution < 1.29 is 4.39 Å². The Morgan fingerprint density at radius 1 is 1.33 bits per heavy atom. The number of nitrogens with one attached hydrogen (secondary N) is 1. The molecule has 3 N–H and O–H groups in total. The molecule has 0 amide bonds. The van der Waals surface area contributed by atoms with Gasteiger partial charge in [-0.25, -0.2) is 20.2 Å². The van der Waals surface area contributed by atoms with Gasteiger partial charge in [0.25, 0.3) is 0 Å². The van der Waals surface area contributed by atoms with Crippen molar-refractivity contribution in [3.8, 4) is 0 Å². The number of hydrazine groups is 1. The lowest BCUT2D eigenvalue weighted by Gasteiger charge is -2.22. The second kappa shape index (κ2) is 5.42. The van der Waals surface area contributed by atoms with Gasteiger partial charge in [0.15, 0.2) is 0 Å².